The molecule has 0 aliphatic carbocycles. The average molecular weight is 481 g/mol. The molecule has 10 heteroatoms. The maximum Gasteiger partial charge on any atom is 0.271 e. The summed E-state index contributed by atoms with van der Waals surface area (Å²) in [5, 5.41) is 17.7. The molecule has 0 aliphatic heterocycles. The van der Waals surface area contributed by atoms with Crippen molar-refractivity contribution in [2.24, 2.45) is 5.10 Å². The van der Waals surface area contributed by atoms with Crippen LogP contribution < -0.4 is 15.5 Å². The summed E-state index contributed by atoms with van der Waals surface area (Å²) in [5.74, 6) is -0.601. The van der Waals surface area contributed by atoms with Crippen molar-refractivity contribution >= 4 is 41.0 Å². The summed E-state index contributed by atoms with van der Waals surface area (Å²) in [4.78, 5) is 34.6. The van der Waals surface area contributed by atoms with Gasteiger partial charge in [0.15, 0.2) is 6.61 Å². The van der Waals surface area contributed by atoms with E-state index in [-0.39, 0.29) is 28.8 Å². The number of nitrogens with zero attached hydrogens (tertiary/aromatic N) is 2. The average Bonchev–Trinajstić information content (AvgIpc) is 2.81. The van der Waals surface area contributed by atoms with Crippen molar-refractivity contribution in [3.63, 3.8) is 0 Å². The molecule has 0 bridgehead atoms. The molecular weight excluding hydrogens is 460 g/mol. The third kappa shape index (κ3) is 6.39. The van der Waals surface area contributed by atoms with E-state index in [0.29, 0.717) is 11.3 Å². The zero-order valence-electron chi connectivity index (χ0n) is 18.4. The van der Waals surface area contributed by atoms with Crippen molar-refractivity contribution in [1.29, 1.82) is 0 Å². The molecule has 0 spiro atoms. The Balaban J connectivity index is 1.55. The number of nitro benzene ring substituents is 1. The van der Waals surface area contributed by atoms with E-state index < -0.39 is 10.8 Å². The second-order valence-electron chi connectivity index (χ2n) is 7.28. The van der Waals surface area contributed by atoms with Crippen LogP contribution in [-0.4, -0.2) is 29.6 Å². The molecule has 174 valence electrons. The van der Waals surface area contributed by atoms with Gasteiger partial charge in [0.25, 0.3) is 17.5 Å². The Morgan fingerprint density at radius 2 is 1.88 bits per heavy atom. The van der Waals surface area contributed by atoms with Crippen molar-refractivity contribution in [2.75, 3.05) is 11.9 Å². The molecule has 0 aromatic heterocycles. The maximum absolute atomic E-state index is 12.2. The number of hydrogen-bond acceptors (Lipinski definition) is 6. The number of amides is 2. The van der Waals surface area contributed by atoms with E-state index in [4.69, 9.17) is 16.3 Å². The molecule has 0 atom stereocenters. The zero-order chi connectivity index (χ0) is 24.7. The van der Waals surface area contributed by atoms with Crippen molar-refractivity contribution < 1.29 is 19.2 Å². The van der Waals surface area contributed by atoms with E-state index in [9.17, 15) is 19.7 Å². The number of aryl methyl sites for hydroxylation is 1. The highest BCUT2D eigenvalue weighted by molar-refractivity contribution is 6.32. The van der Waals surface area contributed by atoms with Gasteiger partial charge in [-0.3, -0.25) is 19.7 Å². The van der Waals surface area contributed by atoms with Crippen molar-refractivity contribution in [3.8, 4) is 5.75 Å². The van der Waals surface area contributed by atoms with Gasteiger partial charge in [-0.05, 0) is 60.9 Å². The summed E-state index contributed by atoms with van der Waals surface area (Å²) in [6, 6.07) is 15.7. The fourth-order valence-corrected chi connectivity index (χ4v) is 3.16. The smallest absolute Gasteiger partial charge is 0.271 e. The standard InChI is InChI=1S/C24H21ClN4O5/c1-15-5-3-8-21(16(15)2)27-23(30)14-34-22-10-9-17(11-20(22)25)13-26-28-24(31)18-6-4-7-19(12-18)29(32)33/h3-13H,14H2,1-2H3,(H,27,30)(H,28,31)/b26-13+. The molecule has 9 nitrogen and oxygen atoms in total. The number of anilines is 1. The lowest BCUT2D eigenvalue weighted by Crippen LogP contribution is -2.21. The van der Waals surface area contributed by atoms with Crippen molar-refractivity contribution in [2.45, 2.75) is 13.8 Å². The molecule has 0 heterocycles. The lowest BCUT2D eigenvalue weighted by molar-refractivity contribution is -0.384. The van der Waals surface area contributed by atoms with Crippen molar-refractivity contribution in [3.05, 3.63) is 98.1 Å². The molecular formula is C24H21ClN4O5. The Bertz CT molecular complexity index is 1280. The summed E-state index contributed by atoms with van der Waals surface area (Å²) >= 11 is 6.23. The number of hydrazone groups is 1. The van der Waals surface area contributed by atoms with E-state index in [1.807, 2.05) is 32.0 Å². The van der Waals surface area contributed by atoms with Gasteiger partial charge in [-0.1, -0.05) is 29.8 Å². The second kappa shape index (κ2) is 11.1. The van der Waals surface area contributed by atoms with Crippen LogP contribution in [0, 0.1) is 24.0 Å². The number of ether oxygens (including phenoxy) is 1. The number of rotatable bonds is 8. The third-order valence-electron chi connectivity index (χ3n) is 4.89. The van der Waals surface area contributed by atoms with Crippen LogP contribution in [0.25, 0.3) is 0 Å². The van der Waals surface area contributed by atoms with Gasteiger partial charge in [0, 0.05) is 23.4 Å². The lowest BCUT2D eigenvalue weighted by Gasteiger charge is -2.12. The van der Waals surface area contributed by atoms with E-state index in [1.165, 1.54) is 24.4 Å². The summed E-state index contributed by atoms with van der Waals surface area (Å²) in [6.45, 7) is 3.67. The van der Waals surface area contributed by atoms with E-state index in [1.54, 1.807) is 18.2 Å². The SMILES string of the molecule is Cc1cccc(NC(=O)COc2ccc(/C=N/NC(=O)c3cccc([N+](=O)[O-])c3)cc2Cl)c1C. The van der Waals surface area contributed by atoms with Crippen LogP contribution in [0.5, 0.6) is 5.75 Å². The molecule has 34 heavy (non-hydrogen) atoms. The molecule has 0 aliphatic rings. The number of carbonyl (C=O) groups is 2. The number of non-ortho nitro benzene ring substituents is 1. The minimum atomic E-state index is -0.596. The number of halogens is 1. The molecule has 2 amide bonds. The second-order valence-corrected chi connectivity index (χ2v) is 7.69. The Kier molecular flexibility index (Phi) is 7.94. The summed E-state index contributed by atoms with van der Waals surface area (Å²) in [5.41, 5.74) is 5.55. The van der Waals surface area contributed by atoms with Gasteiger partial charge in [-0.25, -0.2) is 5.43 Å². The highest BCUT2D eigenvalue weighted by Gasteiger charge is 2.11. The number of hydrogen-bond donors (Lipinski definition) is 2. The Hall–Kier alpha value is -4.24. The Morgan fingerprint density at radius 3 is 2.62 bits per heavy atom. The van der Waals surface area contributed by atoms with Crippen LogP contribution in [-0.2, 0) is 4.79 Å². The minimum absolute atomic E-state index is 0.104. The van der Waals surface area contributed by atoms with Gasteiger partial charge >= 0.3 is 0 Å². The zero-order valence-corrected chi connectivity index (χ0v) is 19.1. The summed E-state index contributed by atoms with van der Waals surface area (Å²) < 4.78 is 5.51. The topological polar surface area (TPSA) is 123 Å². The normalized spacial score (nSPS) is 10.7. The maximum atomic E-state index is 12.2. The molecule has 3 aromatic rings. The molecule has 0 fully saturated rings. The van der Waals surface area contributed by atoms with Gasteiger partial charge < -0.3 is 10.1 Å². The predicted octanol–water partition coefficient (Wildman–Crippen LogP) is 4.65. The van der Waals surface area contributed by atoms with Crippen LogP contribution >= 0.6 is 11.6 Å². The fraction of sp³-hybridized carbons (Fsp3) is 0.125. The first-order valence-electron chi connectivity index (χ1n) is 10.1. The van der Waals surface area contributed by atoms with Gasteiger partial charge in [0.1, 0.15) is 5.75 Å². The Morgan fingerprint density at radius 1 is 1.12 bits per heavy atom. The molecule has 3 rings (SSSR count). The van der Waals surface area contributed by atoms with Crippen LogP contribution in [0.4, 0.5) is 11.4 Å². The van der Waals surface area contributed by atoms with Crippen LogP contribution in [0.1, 0.15) is 27.0 Å². The number of nitrogens with one attached hydrogen (secondary N) is 2. The lowest BCUT2D eigenvalue weighted by atomic mass is 10.1. The summed E-state index contributed by atoms with van der Waals surface area (Å²) in [7, 11) is 0. The highest BCUT2D eigenvalue weighted by Crippen LogP contribution is 2.25. The minimum Gasteiger partial charge on any atom is -0.482 e. The van der Waals surface area contributed by atoms with E-state index in [2.05, 4.69) is 15.8 Å². The van der Waals surface area contributed by atoms with Gasteiger partial charge in [0.05, 0.1) is 16.2 Å². The van der Waals surface area contributed by atoms with E-state index in [0.717, 1.165) is 22.9 Å². The molecule has 3 aromatic carbocycles. The first-order valence-corrected chi connectivity index (χ1v) is 10.5. The predicted molar refractivity (Wildman–Crippen MR) is 130 cm³/mol. The number of carbonyl (C=O) groups excluding carboxylic acids is 2. The van der Waals surface area contributed by atoms with Gasteiger partial charge in [0.2, 0.25) is 0 Å². The highest BCUT2D eigenvalue weighted by atomic mass is 35.5. The van der Waals surface area contributed by atoms with Crippen molar-refractivity contribution in [1.82, 2.24) is 5.43 Å². The molecule has 2 N–H and O–H groups in total. The quantitative estimate of drug-likeness (QED) is 0.276. The van der Waals surface area contributed by atoms with Crippen LogP contribution in [0.2, 0.25) is 5.02 Å². The molecule has 0 saturated carbocycles. The molecule has 0 radical (unpaired) electrons. The first-order chi connectivity index (χ1) is 16.2. The Labute approximate surface area is 200 Å². The van der Waals surface area contributed by atoms with Gasteiger partial charge in [-0.15, -0.1) is 0 Å². The number of nitro groups is 1. The first kappa shape index (κ1) is 24.4. The van der Waals surface area contributed by atoms with Gasteiger partial charge in [-0.2, -0.15) is 5.10 Å². The molecule has 0 unspecified atom stereocenters. The van der Waals surface area contributed by atoms with Crippen LogP contribution in [0.3, 0.4) is 0 Å². The van der Waals surface area contributed by atoms with E-state index >= 15 is 0 Å². The summed E-state index contributed by atoms with van der Waals surface area (Å²) in [6.07, 6.45) is 1.36. The van der Waals surface area contributed by atoms with Crippen LogP contribution in [0.15, 0.2) is 65.8 Å². The fourth-order valence-electron chi connectivity index (χ4n) is 2.92. The number of benzene rings is 3. The third-order valence-corrected chi connectivity index (χ3v) is 5.19. The largest absolute Gasteiger partial charge is 0.482 e. The molecule has 0 saturated heterocycles. The monoisotopic (exact) mass is 480 g/mol.